The van der Waals surface area contributed by atoms with Crippen molar-refractivity contribution >= 4 is 45.6 Å². The summed E-state index contributed by atoms with van der Waals surface area (Å²) in [5.41, 5.74) is 1.67. The van der Waals surface area contributed by atoms with Crippen LogP contribution >= 0.6 is 11.6 Å². The van der Waals surface area contributed by atoms with Gasteiger partial charge in [-0.25, -0.2) is 4.98 Å². The molecule has 0 unspecified atom stereocenters. The minimum absolute atomic E-state index is 0.192. The van der Waals surface area contributed by atoms with E-state index in [1.807, 2.05) is 30.3 Å². The highest BCUT2D eigenvalue weighted by atomic mass is 35.5. The van der Waals surface area contributed by atoms with Crippen molar-refractivity contribution in [3.63, 3.8) is 0 Å². The number of amides is 2. The highest BCUT2D eigenvalue weighted by Crippen LogP contribution is 2.25. The SMILES string of the molecule is O=C(Nc1ccccc1NC(=O)c1cc2ccccc2c(Cl)n1)c1ccccc1. The summed E-state index contributed by atoms with van der Waals surface area (Å²) in [5, 5.41) is 7.49. The Hall–Kier alpha value is -3.70. The number of anilines is 2. The first-order valence-electron chi connectivity index (χ1n) is 8.94. The molecule has 0 aliphatic heterocycles. The number of carbonyl (C=O) groups is 2. The van der Waals surface area contributed by atoms with Gasteiger partial charge in [-0.2, -0.15) is 0 Å². The van der Waals surface area contributed by atoms with Crippen LogP contribution in [0.3, 0.4) is 0 Å². The fourth-order valence-corrected chi connectivity index (χ4v) is 3.21. The quantitative estimate of drug-likeness (QED) is 0.450. The van der Waals surface area contributed by atoms with Crippen molar-refractivity contribution in [3.8, 4) is 0 Å². The van der Waals surface area contributed by atoms with Crippen LogP contribution in [0.25, 0.3) is 10.8 Å². The first kappa shape index (κ1) is 18.7. The van der Waals surface area contributed by atoms with Gasteiger partial charge in [0, 0.05) is 10.9 Å². The molecule has 4 aromatic rings. The van der Waals surface area contributed by atoms with E-state index < -0.39 is 5.91 Å². The molecule has 5 nitrogen and oxygen atoms in total. The van der Waals surface area contributed by atoms with E-state index in [2.05, 4.69) is 15.6 Å². The van der Waals surface area contributed by atoms with Gasteiger partial charge in [0.25, 0.3) is 11.8 Å². The number of nitrogens with zero attached hydrogens (tertiary/aromatic N) is 1. The van der Waals surface area contributed by atoms with Crippen LogP contribution in [-0.4, -0.2) is 16.8 Å². The molecule has 4 rings (SSSR count). The summed E-state index contributed by atoms with van der Waals surface area (Å²) >= 11 is 6.23. The minimum Gasteiger partial charge on any atom is -0.320 e. The van der Waals surface area contributed by atoms with Gasteiger partial charge in [-0.05, 0) is 35.7 Å². The van der Waals surface area contributed by atoms with Crippen LogP contribution in [-0.2, 0) is 0 Å². The summed E-state index contributed by atoms with van der Waals surface area (Å²) in [6.07, 6.45) is 0. The Bertz CT molecular complexity index is 1210. The molecule has 1 heterocycles. The van der Waals surface area contributed by atoms with E-state index in [4.69, 9.17) is 11.6 Å². The highest BCUT2D eigenvalue weighted by Gasteiger charge is 2.14. The summed E-state index contributed by atoms with van der Waals surface area (Å²) in [7, 11) is 0. The maximum Gasteiger partial charge on any atom is 0.274 e. The summed E-state index contributed by atoms with van der Waals surface area (Å²) in [5.74, 6) is -0.682. The van der Waals surface area contributed by atoms with E-state index in [0.717, 1.165) is 10.8 Å². The maximum absolute atomic E-state index is 12.8. The molecule has 3 aromatic carbocycles. The van der Waals surface area contributed by atoms with Gasteiger partial charge >= 0.3 is 0 Å². The molecule has 0 spiro atoms. The lowest BCUT2D eigenvalue weighted by molar-refractivity contribution is 0.101. The molecule has 0 saturated carbocycles. The molecule has 2 amide bonds. The number of pyridine rings is 1. The molecular formula is C23H16ClN3O2. The Kier molecular flexibility index (Phi) is 5.22. The lowest BCUT2D eigenvalue weighted by Gasteiger charge is -2.12. The molecular weight excluding hydrogens is 386 g/mol. The summed E-state index contributed by atoms with van der Waals surface area (Å²) in [6, 6.07) is 25.0. The van der Waals surface area contributed by atoms with Gasteiger partial charge in [-0.1, -0.05) is 66.2 Å². The number of para-hydroxylation sites is 2. The molecule has 0 radical (unpaired) electrons. The molecule has 0 aliphatic rings. The Morgan fingerprint density at radius 2 is 1.31 bits per heavy atom. The van der Waals surface area contributed by atoms with Gasteiger partial charge in [0.05, 0.1) is 11.4 Å². The average Bonchev–Trinajstić information content (AvgIpc) is 2.75. The number of hydrogen-bond donors (Lipinski definition) is 2. The zero-order valence-corrected chi connectivity index (χ0v) is 16.0. The van der Waals surface area contributed by atoms with E-state index in [-0.39, 0.29) is 16.8 Å². The van der Waals surface area contributed by atoms with Gasteiger partial charge < -0.3 is 10.6 Å². The van der Waals surface area contributed by atoms with E-state index in [9.17, 15) is 9.59 Å². The lowest BCUT2D eigenvalue weighted by Crippen LogP contribution is -2.17. The number of hydrogen-bond acceptors (Lipinski definition) is 3. The van der Waals surface area contributed by atoms with Crippen molar-refractivity contribution in [2.24, 2.45) is 0 Å². The fraction of sp³-hybridized carbons (Fsp3) is 0. The maximum atomic E-state index is 12.8. The number of nitrogens with one attached hydrogen (secondary N) is 2. The van der Waals surface area contributed by atoms with Crippen molar-refractivity contribution in [1.29, 1.82) is 0 Å². The Morgan fingerprint density at radius 3 is 2.03 bits per heavy atom. The molecule has 6 heteroatoms. The molecule has 29 heavy (non-hydrogen) atoms. The van der Waals surface area contributed by atoms with Gasteiger partial charge in [0.1, 0.15) is 10.8 Å². The molecule has 0 aliphatic carbocycles. The summed E-state index contributed by atoms with van der Waals surface area (Å²) in [4.78, 5) is 29.4. The fourth-order valence-electron chi connectivity index (χ4n) is 2.94. The third kappa shape index (κ3) is 4.10. The number of rotatable bonds is 4. The van der Waals surface area contributed by atoms with Crippen LogP contribution in [0, 0.1) is 0 Å². The summed E-state index contributed by atoms with van der Waals surface area (Å²) in [6.45, 7) is 0. The van der Waals surface area contributed by atoms with Gasteiger partial charge in [0.15, 0.2) is 0 Å². The topological polar surface area (TPSA) is 71.1 Å². The Morgan fingerprint density at radius 1 is 0.724 bits per heavy atom. The van der Waals surface area contributed by atoms with Crippen molar-refractivity contribution in [2.75, 3.05) is 10.6 Å². The molecule has 0 bridgehead atoms. The monoisotopic (exact) mass is 401 g/mol. The Labute approximate surface area is 172 Å². The molecule has 1 aromatic heterocycles. The van der Waals surface area contributed by atoms with Gasteiger partial charge in [-0.15, -0.1) is 0 Å². The first-order valence-corrected chi connectivity index (χ1v) is 9.32. The number of fused-ring (bicyclic) bond motifs is 1. The third-order valence-electron chi connectivity index (χ3n) is 4.39. The highest BCUT2D eigenvalue weighted by molar-refractivity contribution is 6.34. The largest absolute Gasteiger partial charge is 0.320 e. The molecule has 0 atom stereocenters. The molecule has 0 saturated heterocycles. The van der Waals surface area contributed by atoms with Crippen LogP contribution in [0.1, 0.15) is 20.8 Å². The summed E-state index contributed by atoms with van der Waals surface area (Å²) < 4.78 is 0. The molecule has 142 valence electrons. The van der Waals surface area contributed by atoms with E-state index in [1.54, 1.807) is 54.6 Å². The van der Waals surface area contributed by atoms with Crippen LogP contribution in [0.5, 0.6) is 0 Å². The van der Waals surface area contributed by atoms with Crippen LogP contribution in [0.15, 0.2) is 84.9 Å². The second-order valence-corrected chi connectivity index (χ2v) is 6.70. The van der Waals surface area contributed by atoms with Crippen molar-refractivity contribution in [3.05, 3.63) is 101 Å². The van der Waals surface area contributed by atoms with Gasteiger partial charge in [-0.3, -0.25) is 9.59 Å². The molecule has 2 N–H and O–H groups in total. The smallest absolute Gasteiger partial charge is 0.274 e. The predicted molar refractivity (Wildman–Crippen MR) is 116 cm³/mol. The van der Waals surface area contributed by atoms with Crippen molar-refractivity contribution in [1.82, 2.24) is 4.98 Å². The zero-order chi connectivity index (χ0) is 20.2. The minimum atomic E-state index is -0.418. The second kappa shape index (κ2) is 8.12. The number of halogens is 1. The number of aromatic nitrogens is 1. The predicted octanol–water partition coefficient (Wildman–Crippen LogP) is 5.39. The standard InChI is InChI=1S/C23H16ClN3O2/c24-21-17-11-5-4-10-16(17)14-20(25-21)23(29)27-19-13-7-6-12-18(19)26-22(28)15-8-2-1-3-9-15/h1-14H,(H,26,28)(H,27,29). The van der Waals surface area contributed by atoms with Crippen LogP contribution in [0.2, 0.25) is 5.15 Å². The number of benzene rings is 3. The Balaban J connectivity index is 1.59. The van der Waals surface area contributed by atoms with Crippen molar-refractivity contribution < 1.29 is 9.59 Å². The normalized spacial score (nSPS) is 10.5. The van der Waals surface area contributed by atoms with E-state index in [0.29, 0.717) is 16.9 Å². The first-order chi connectivity index (χ1) is 14.1. The van der Waals surface area contributed by atoms with Crippen LogP contribution < -0.4 is 10.6 Å². The van der Waals surface area contributed by atoms with E-state index >= 15 is 0 Å². The second-order valence-electron chi connectivity index (χ2n) is 6.34. The van der Waals surface area contributed by atoms with Crippen LogP contribution in [0.4, 0.5) is 11.4 Å². The third-order valence-corrected chi connectivity index (χ3v) is 4.67. The average molecular weight is 402 g/mol. The van der Waals surface area contributed by atoms with Crippen molar-refractivity contribution in [2.45, 2.75) is 0 Å². The molecule has 0 fully saturated rings. The van der Waals surface area contributed by atoms with E-state index in [1.165, 1.54) is 0 Å². The lowest BCUT2D eigenvalue weighted by atomic mass is 10.1. The van der Waals surface area contributed by atoms with Gasteiger partial charge in [0.2, 0.25) is 0 Å². The number of carbonyl (C=O) groups excluding carboxylic acids is 2. The zero-order valence-electron chi connectivity index (χ0n) is 15.2.